The van der Waals surface area contributed by atoms with E-state index >= 15 is 0 Å². The smallest absolute Gasteiger partial charge is 0.265 e. The van der Waals surface area contributed by atoms with Crippen molar-refractivity contribution in [3.05, 3.63) is 23.8 Å². The zero-order valence-electron chi connectivity index (χ0n) is 12.3. The summed E-state index contributed by atoms with van der Waals surface area (Å²) in [5.74, 6) is 0.788. The van der Waals surface area contributed by atoms with Crippen LogP contribution >= 0.6 is 0 Å². The van der Waals surface area contributed by atoms with Crippen LogP contribution in [0.3, 0.4) is 0 Å². The maximum atomic E-state index is 11.9. The van der Waals surface area contributed by atoms with E-state index in [2.05, 4.69) is 10.6 Å². The Morgan fingerprint density at radius 2 is 2.33 bits per heavy atom. The highest BCUT2D eigenvalue weighted by molar-refractivity contribution is 5.97. The van der Waals surface area contributed by atoms with E-state index in [4.69, 9.17) is 4.74 Å². The van der Waals surface area contributed by atoms with Crippen molar-refractivity contribution in [2.75, 3.05) is 18.4 Å². The van der Waals surface area contributed by atoms with Crippen LogP contribution in [0.2, 0.25) is 0 Å². The molecule has 3 atom stereocenters. The van der Waals surface area contributed by atoms with E-state index in [1.54, 1.807) is 0 Å². The lowest BCUT2D eigenvalue weighted by atomic mass is 9.89. The van der Waals surface area contributed by atoms with Crippen LogP contribution in [0.5, 0.6) is 5.75 Å². The fourth-order valence-corrected chi connectivity index (χ4v) is 3.04. The standard InChI is InChI=1S/C16H22N2O3/c1-2-13-16(20)18-12-8-10(5-6-14(12)21-13)15(19)11-4-3-7-17-9-11/h5-6,8,11,13,15,17,19H,2-4,7,9H2,1H3,(H,18,20). The second kappa shape index (κ2) is 6.03. The van der Waals surface area contributed by atoms with Gasteiger partial charge < -0.3 is 20.5 Å². The zero-order valence-corrected chi connectivity index (χ0v) is 12.3. The summed E-state index contributed by atoms with van der Waals surface area (Å²) in [4.78, 5) is 11.9. The Balaban J connectivity index is 1.79. The number of aliphatic hydroxyl groups excluding tert-OH is 1. The van der Waals surface area contributed by atoms with Gasteiger partial charge in [0.05, 0.1) is 11.8 Å². The molecule has 114 valence electrons. The lowest BCUT2D eigenvalue weighted by molar-refractivity contribution is -0.123. The Morgan fingerprint density at radius 1 is 1.48 bits per heavy atom. The van der Waals surface area contributed by atoms with Crippen molar-refractivity contribution < 1.29 is 14.6 Å². The van der Waals surface area contributed by atoms with Crippen molar-refractivity contribution in [1.29, 1.82) is 0 Å². The molecule has 1 amide bonds. The first-order valence-electron chi connectivity index (χ1n) is 7.69. The highest BCUT2D eigenvalue weighted by Gasteiger charge is 2.28. The number of amides is 1. The third kappa shape index (κ3) is 2.89. The van der Waals surface area contributed by atoms with Crippen molar-refractivity contribution in [2.24, 2.45) is 5.92 Å². The number of rotatable bonds is 3. The first-order valence-corrected chi connectivity index (χ1v) is 7.69. The van der Waals surface area contributed by atoms with E-state index in [9.17, 15) is 9.90 Å². The molecule has 3 N–H and O–H groups in total. The number of piperidine rings is 1. The predicted octanol–water partition coefficient (Wildman–Crippen LogP) is 1.83. The molecule has 0 bridgehead atoms. The maximum absolute atomic E-state index is 11.9. The van der Waals surface area contributed by atoms with Crippen LogP contribution in [0.1, 0.15) is 37.9 Å². The largest absolute Gasteiger partial charge is 0.478 e. The molecule has 2 heterocycles. The van der Waals surface area contributed by atoms with Gasteiger partial charge in [-0.05, 0) is 43.5 Å². The molecule has 0 saturated carbocycles. The molecule has 5 nitrogen and oxygen atoms in total. The average Bonchev–Trinajstić information content (AvgIpc) is 2.53. The van der Waals surface area contributed by atoms with Gasteiger partial charge in [-0.3, -0.25) is 4.79 Å². The van der Waals surface area contributed by atoms with Crippen molar-refractivity contribution in [3.8, 4) is 5.75 Å². The maximum Gasteiger partial charge on any atom is 0.265 e. The number of fused-ring (bicyclic) bond motifs is 1. The average molecular weight is 290 g/mol. The zero-order chi connectivity index (χ0) is 14.8. The van der Waals surface area contributed by atoms with Crippen LogP contribution in [-0.4, -0.2) is 30.2 Å². The summed E-state index contributed by atoms with van der Waals surface area (Å²) in [7, 11) is 0. The molecule has 0 aromatic heterocycles. The molecule has 0 aliphatic carbocycles. The molecule has 1 aromatic rings. The SMILES string of the molecule is CCC1Oc2ccc(C(O)C3CCCNC3)cc2NC1=O. The minimum Gasteiger partial charge on any atom is -0.478 e. The number of hydrogen-bond acceptors (Lipinski definition) is 4. The Labute approximate surface area is 124 Å². The van der Waals surface area contributed by atoms with Crippen LogP contribution in [0, 0.1) is 5.92 Å². The third-order valence-electron chi connectivity index (χ3n) is 4.32. The molecule has 3 unspecified atom stereocenters. The monoisotopic (exact) mass is 290 g/mol. The van der Waals surface area contributed by atoms with Gasteiger partial charge in [0.1, 0.15) is 5.75 Å². The van der Waals surface area contributed by atoms with E-state index in [0.29, 0.717) is 17.9 Å². The van der Waals surface area contributed by atoms with Crippen LogP contribution in [0.15, 0.2) is 18.2 Å². The van der Waals surface area contributed by atoms with Crippen LogP contribution in [0.4, 0.5) is 5.69 Å². The van der Waals surface area contributed by atoms with Gasteiger partial charge in [-0.15, -0.1) is 0 Å². The van der Waals surface area contributed by atoms with Crippen molar-refractivity contribution in [1.82, 2.24) is 5.32 Å². The van der Waals surface area contributed by atoms with Crippen LogP contribution < -0.4 is 15.4 Å². The predicted molar refractivity (Wildman–Crippen MR) is 80.3 cm³/mol. The summed E-state index contributed by atoms with van der Waals surface area (Å²) in [6, 6.07) is 5.56. The Hall–Kier alpha value is -1.59. The second-order valence-electron chi connectivity index (χ2n) is 5.81. The summed E-state index contributed by atoms with van der Waals surface area (Å²) in [5, 5.41) is 16.7. The van der Waals surface area contributed by atoms with E-state index in [-0.39, 0.29) is 11.8 Å². The fraction of sp³-hybridized carbons (Fsp3) is 0.562. The topological polar surface area (TPSA) is 70.6 Å². The molecule has 3 rings (SSSR count). The van der Waals surface area contributed by atoms with Crippen LogP contribution in [0.25, 0.3) is 0 Å². The first-order chi connectivity index (χ1) is 10.2. The number of hydrogen-bond donors (Lipinski definition) is 3. The Kier molecular flexibility index (Phi) is 4.12. The number of carbonyl (C=O) groups is 1. The molecular weight excluding hydrogens is 268 g/mol. The summed E-state index contributed by atoms with van der Waals surface area (Å²) < 4.78 is 5.67. The molecule has 2 aliphatic rings. The van der Waals surface area contributed by atoms with Crippen LogP contribution in [-0.2, 0) is 4.79 Å². The van der Waals surface area contributed by atoms with Gasteiger partial charge >= 0.3 is 0 Å². The number of anilines is 1. The van der Waals surface area contributed by atoms with Gasteiger partial charge in [0.15, 0.2) is 6.10 Å². The van der Waals surface area contributed by atoms with Gasteiger partial charge in [-0.25, -0.2) is 0 Å². The lowest BCUT2D eigenvalue weighted by Crippen LogP contribution is -2.36. The summed E-state index contributed by atoms with van der Waals surface area (Å²) in [6.07, 6.45) is 1.82. The molecule has 1 saturated heterocycles. The van der Waals surface area contributed by atoms with Gasteiger partial charge in [-0.1, -0.05) is 13.0 Å². The summed E-state index contributed by atoms with van der Waals surface area (Å²) in [5.41, 5.74) is 1.49. The Bertz CT molecular complexity index is 526. The molecule has 1 fully saturated rings. The number of benzene rings is 1. The number of ether oxygens (including phenoxy) is 1. The molecule has 5 heteroatoms. The minimum absolute atomic E-state index is 0.115. The number of aliphatic hydroxyl groups is 1. The normalized spacial score (nSPS) is 26.5. The summed E-state index contributed by atoms with van der Waals surface area (Å²) >= 11 is 0. The van der Waals surface area contributed by atoms with E-state index in [1.165, 1.54) is 0 Å². The highest BCUT2D eigenvalue weighted by Crippen LogP contribution is 2.35. The lowest BCUT2D eigenvalue weighted by Gasteiger charge is -2.29. The summed E-state index contributed by atoms with van der Waals surface area (Å²) in [6.45, 7) is 3.78. The van der Waals surface area contributed by atoms with E-state index in [1.807, 2.05) is 25.1 Å². The Morgan fingerprint density at radius 3 is 3.05 bits per heavy atom. The fourth-order valence-electron chi connectivity index (χ4n) is 3.04. The van der Waals surface area contributed by atoms with Gasteiger partial charge in [0.25, 0.3) is 5.91 Å². The molecule has 0 radical (unpaired) electrons. The van der Waals surface area contributed by atoms with Crippen molar-refractivity contribution in [3.63, 3.8) is 0 Å². The number of carbonyl (C=O) groups excluding carboxylic acids is 1. The van der Waals surface area contributed by atoms with Gasteiger partial charge in [-0.2, -0.15) is 0 Å². The third-order valence-corrected chi connectivity index (χ3v) is 4.32. The first kappa shape index (κ1) is 14.4. The second-order valence-corrected chi connectivity index (χ2v) is 5.81. The number of nitrogens with one attached hydrogen (secondary N) is 2. The van der Waals surface area contributed by atoms with E-state index < -0.39 is 12.2 Å². The molecule has 1 aromatic carbocycles. The van der Waals surface area contributed by atoms with Gasteiger partial charge in [0, 0.05) is 12.5 Å². The molecule has 21 heavy (non-hydrogen) atoms. The van der Waals surface area contributed by atoms with Gasteiger partial charge in [0.2, 0.25) is 0 Å². The quantitative estimate of drug-likeness (QED) is 0.794. The van der Waals surface area contributed by atoms with Crippen molar-refractivity contribution in [2.45, 2.75) is 38.4 Å². The molecule has 0 spiro atoms. The molecular formula is C16H22N2O3. The molecule has 2 aliphatic heterocycles. The highest BCUT2D eigenvalue weighted by atomic mass is 16.5. The minimum atomic E-state index is -0.510. The van der Waals surface area contributed by atoms with Crippen molar-refractivity contribution >= 4 is 11.6 Å². The van der Waals surface area contributed by atoms with E-state index in [0.717, 1.165) is 31.5 Å².